The summed E-state index contributed by atoms with van der Waals surface area (Å²) in [7, 11) is 1.85. The van der Waals surface area contributed by atoms with Crippen LogP contribution in [0.15, 0.2) is 24.3 Å². The minimum atomic E-state index is -0.845. The Balaban J connectivity index is 2.59. The van der Waals surface area contributed by atoms with E-state index in [0.29, 0.717) is 11.6 Å². The molecule has 114 valence electrons. The normalized spacial score (nSPS) is 13.8. The van der Waals surface area contributed by atoms with Crippen LogP contribution in [0.3, 0.4) is 0 Å². The zero-order valence-electron chi connectivity index (χ0n) is 13.0. The lowest BCUT2D eigenvalue weighted by atomic mass is 9.90. The topological polar surface area (TPSA) is 56.1 Å². The Morgan fingerprint density at radius 3 is 2.62 bits per heavy atom. The molecule has 5 heteroatoms. The summed E-state index contributed by atoms with van der Waals surface area (Å²) in [4.78, 5) is 13.9. The first-order valence-electron chi connectivity index (χ1n) is 6.92. The number of amides is 1. The highest BCUT2D eigenvalue weighted by atomic mass is 35.5. The third-order valence-electron chi connectivity index (χ3n) is 3.60. The molecule has 0 spiro atoms. The minimum absolute atomic E-state index is 0.0420. The molecular formula is C16H22ClN3O. The third-order valence-corrected chi connectivity index (χ3v) is 3.97. The summed E-state index contributed by atoms with van der Waals surface area (Å²) < 4.78 is 0. The van der Waals surface area contributed by atoms with E-state index < -0.39 is 5.54 Å². The van der Waals surface area contributed by atoms with Crippen molar-refractivity contribution in [3.63, 3.8) is 0 Å². The molecule has 1 N–H and O–H groups in total. The first-order chi connectivity index (χ1) is 9.78. The lowest BCUT2D eigenvalue weighted by Crippen LogP contribution is -2.51. The second-order valence-electron chi connectivity index (χ2n) is 5.78. The van der Waals surface area contributed by atoms with Crippen molar-refractivity contribution in [3.8, 4) is 6.07 Å². The molecule has 1 rings (SSSR count). The van der Waals surface area contributed by atoms with Crippen LogP contribution < -0.4 is 5.32 Å². The van der Waals surface area contributed by atoms with Crippen molar-refractivity contribution in [1.82, 2.24) is 10.2 Å². The average Bonchev–Trinajstić information content (AvgIpc) is 2.40. The molecule has 4 nitrogen and oxygen atoms in total. The molecule has 0 aliphatic rings. The smallest absolute Gasteiger partial charge is 0.235 e. The fourth-order valence-electron chi connectivity index (χ4n) is 1.85. The number of hydrogen-bond donors (Lipinski definition) is 1. The Hall–Kier alpha value is -1.57. The SMILES string of the molecule is CC(C)[C@](C)(C#N)NC(=O)CN(C)Cc1ccccc1Cl. The molecule has 0 fully saturated rings. The van der Waals surface area contributed by atoms with E-state index in [4.69, 9.17) is 11.6 Å². The summed E-state index contributed by atoms with van der Waals surface area (Å²) in [5.41, 5.74) is 0.129. The summed E-state index contributed by atoms with van der Waals surface area (Å²) in [6.45, 7) is 6.37. The Bertz CT molecular complexity index is 539. The van der Waals surface area contributed by atoms with E-state index in [1.165, 1.54) is 0 Å². The fraction of sp³-hybridized carbons (Fsp3) is 0.500. The largest absolute Gasteiger partial charge is 0.337 e. The Kier molecular flexibility index (Phi) is 6.19. The van der Waals surface area contributed by atoms with Crippen LogP contribution in [0.2, 0.25) is 5.02 Å². The molecule has 21 heavy (non-hydrogen) atoms. The first kappa shape index (κ1) is 17.5. The lowest BCUT2D eigenvalue weighted by molar-refractivity contribution is -0.123. The van der Waals surface area contributed by atoms with Gasteiger partial charge >= 0.3 is 0 Å². The van der Waals surface area contributed by atoms with Gasteiger partial charge in [-0.1, -0.05) is 43.6 Å². The molecule has 0 aromatic heterocycles. The van der Waals surface area contributed by atoms with Gasteiger partial charge in [0.1, 0.15) is 5.54 Å². The number of carbonyl (C=O) groups is 1. The number of carbonyl (C=O) groups excluding carboxylic acids is 1. The zero-order valence-corrected chi connectivity index (χ0v) is 13.7. The average molecular weight is 308 g/mol. The predicted octanol–water partition coefficient (Wildman–Crippen LogP) is 2.83. The number of hydrogen-bond acceptors (Lipinski definition) is 3. The van der Waals surface area contributed by atoms with E-state index >= 15 is 0 Å². The number of likely N-dealkylation sites (N-methyl/N-ethyl adjacent to an activating group) is 1. The van der Waals surface area contributed by atoms with Crippen molar-refractivity contribution in [3.05, 3.63) is 34.9 Å². The van der Waals surface area contributed by atoms with Crippen molar-refractivity contribution in [1.29, 1.82) is 5.26 Å². The molecule has 0 saturated heterocycles. The number of nitrogens with zero attached hydrogens (tertiary/aromatic N) is 2. The van der Waals surface area contributed by atoms with Gasteiger partial charge < -0.3 is 5.32 Å². The van der Waals surface area contributed by atoms with Crippen LogP contribution >= 0.6 is 11.6 Å². The maximum absolute atomic E-state index is 12.1. The molecule has 0 saturated carbocycles. The van der Waals surface area contributed by atoms with E-state index in [1.807, 2.05) is 50.1 Å². The van der Waals surface area contributed by atoms with Crippen LogP contribution in [0.1, 0.15) is 26.3 Å². The van der Waals surface area contributed by atoms with Crippen LogP contribution in [-0.4, -0.2) is 29.9 Å². The Labute approximate surface area is 131 Å². The summed E-state index contributed by atoms with van der Waals surface area (Å²) in [6.07, 6.45) is 0. The molecule has 0 unspecified atom stereocenters. The summed E-state index contributed by atoms with van der Waals surface area (Å²) in [5.74, 6) is -0.123. The number of nitrogens with one attached hydrogen (secondary N) is 1. The molecule has 1 aromatic carbocycles. The van der Waals surface area contributed by atoms with Gasteiger partial charge in [0.15, 0.2) is 0 Å². The van der Waals surface area contributed by atoms with Crippen LogP contribution in [0.5, 0.6) is 0 Å². The molecular weight excluding hydrogens is 286 g/mol. The second-order valence-corrected chi connectivity index (χ2v) is 6.19. The fourth-order valence-corrected chi connectivity index (χ4v) is 2.04. The standard InChI is InChI=1S/C16H22ClN3O/c1-12(2)16(3,11-18)19-15(21)10-20(4)9-13-7-5-6-8-14(13)17/h5-8,12H,9-10H2,1-4H3,(H,19,21)/t16-/m0/s1. The van der Waals surface area contributed by atoms with Gasteiger partial charge in [-0.25, -0.2) is 0 Å². The van der Waals surface area contributed by atoms with Gasteiger partial charge in [0.25, 0.3) is 0 Å². The van der Waals surface area contributed by atoms with Gasteiger partial charge in [-0.2, -0.15) is 5.26 Å². The number of nitriles is 1. The second kappa shape index (κ2) is 7.44. The summed E-state index contributed by atoms with van der Waals surface area (Å²) >= 11 is 6.11. The minimum Gasteiger partial charge on any atom is -0.337 e. The van der Waals surface area contributed by atoms with Gasteiger partial charge in [0.2, 0.25) is 5.91 Å². The maximum Gasteiger partial charge on any atom is 0.235 e. The molecule has 0 aliphatic heterocycles. The quantitative estimate of drug-likeness (QED) is 0.879. The van der Waals surface area contributed by atoms with E-state index in [0.717, 1.165) is 5.56 Å². The van der Waals surface area contributed by atoms with Crippen LogP contribution in [-0.2, 0) is 11.3 Å². The summed E-state index contributed by atoms with van der Waals surface area (Å²) in [6, 6.07) is 9.73. The highest BCUT2D eigenvalue weighted by Crippen LogP contribution is 2.17. The van der Waals surface area contributed by atoms with Gasteiger partial charge in [-0.15, -0.1) is 0 Å². The number of benzene rings is 1. The van der Waals surface area contributed by atoms with Crippen molar-refractivity contribution in [2.45, 2.75) is 32.9 Å². The van der Waals surface area contributed by atoms with Crippen molar-refractivity contribution in [2.75, 3.05) is 13.6 Å². The van der Waals surface area contributed by atoms with Crippen LogP contribution in [0, 0.1) is 17.2 Å². The van der Waals surface area contributed by atoms with E-state index in [2.05, 4.69) is 11.4 Å². The molecule has 1 aromatic rings. The van der Waals surface area contributed by atoms with Gasteiger partial charge in [0, 0.05) is 11.6 Å². The zero-order chi connectivity index (χ0) is 16.0. The monoisotopic (exact) mass is 307 g/mol. The van der Waals surface area contributed by atoms with Crippen molar-refractivity contribution in [2.24, 2.45) is 5.92 Å². The highest BCUT2D eigenvalue weighted by molar-refractivity contribution is 6.31. The molecule has 1 amide bonds. The van der Waals surface area contributed by atoms with Crippen molar-refractivity contribution < 1.29 is 4.79 Å². The number of rotatable bonds is 6. The van der Waals surface area contributed by atoms with Gasteiger partial charge in [-0.3, -0.25) is 9.69 Å². The van der Waals surface area contributed by atoms with Crippen LogP contribution in [0.4, 0.5) is 0 Å². The Morgan fingerprint density at radius 1 is 1.48 bits per heavy atom. The molecule has 0 bridgehead atoms. The summed E-state index contributed by atoms with van der Waals surface area (Å²) in [5, 5.41) is 12.7. The van der Waals surface area contributed by atoms with Gasteiger partial charge in [-0.05, 0) is 31.5 Å². The first-order valence-corrected chi connectivity index (χ1v) is 7.30. The van der Waals surface area contributed by atoms with Crippen molar-refractivity contribution >= 4 is 17.5 Å². The Morgan fingerprint density at radius 2 is 2.10 bits per heavy atom. The number of halogens is 1. The van der Waals surface area contributed by atoms with Crippen LogP contribution in [0.25, 0.3) is 0 Å². The highest BCUT2D eigenvalue weighted by Gasteiger charge is 2.30. The predicted molar refractivity (Wildman–Crippen MR) is 84.8 cm³/mol. The lowest BCUT2D eigenvalue weighted by Gasteiger charge is -2.28. The molecule has 0 heterocycles. The van der Waals surface area contributed by atoms with Gasteiger partial charge in [0.05, 0.1) is 12.6 Å². The molecule has 0 radical (unpaired) electrons. The molecule has 1 atom stereocenters. The van der Waals surface area contributed by atoms with E-state index in [-0.39, 0.29) is 18.4 Å². The van der Waals surface area contributed by atoms with E-state index in [1.54, 1.807) is 6.92 Å². The van der Waals surface area contributed by atoms with E-state index in [9.17, 15) is 10.1 Å². The third kappa shape index (κ3) is 5.04. The maximum atomic E-state index is 12.1. The molecule has 0 aliphatic carbocycles.